The van der Waals surface area contributed by atoms with E-state index in [9.17, 15) is 4.79 Å². The summed E-state index contributed by atoms with van der Waals surface area (Å²) in [5.74, 6) is 0.105. The van der Waals surface area contributed by atoms with Crippen LogP contribution in [0.15, 0.2) is 12.1 Å². The molecule has 0 aromatic carbocycles. The van der Waals surface area contributed by atoms with Gasteiger partial charge in [0, 0.05) is 23.4 Å². The molecule has 0 atom stereocenters. The van der Waals surface area contributed by atoms with Gasteiger partial charge in [-0.2, -0.15) is 0 Å². The summed E-state index contributed by atoms with van der Waals surface area (Å²) in [6, 6.07) is 3.94. The Balaban J connectivity index is 1.48. The Bertz CT molecular complexity index is 473. The Morgan fingerprint density at radius 2 is 2.05 bits per heavy atom. The quantitative estimate of drug-likeness (QED) is 0.904. The molecular formula is C16H24N2OS. The lowest BCUT2D eigenvalue weighted by molar-refractivity contribution is 0.0940. The maximum absolute atomic E-state index is 12.1. The van der Waals surface area contributed by atoms with Gasteiger partial charge in [-0.15, -0.1) is 11.3 Å². The summed E-state index contributed by atoms with van der Waals surface area (Å²) in [7, 11) is 0. The molecule has 0 radical (unpaired) electrons. The van der Waals surface area contributed by atoms with Crippen LogP contribution in [0.1, 0.15) is 46.7 Å². The summed E-state index contributed by atoms with van der Waals surface area (Å²) < 4.78 is 0. The van der Waals surface area contributed by atoms with E-state index < -0.39 is 0 Å². The normalized spacial score (nSPS) is 21.6. The summed E-state index contributed by atoms with van der Waals surface area (Å²) in [6.07, 6.45) is 6.62. The van der Waals surface area contributed by atoms with Crippen molar-refractivity contribution in [2.45, 2.75) is 39.0 Å². The molecule has 0 unspecified atom stereocenters. The summed E-state index contributed by atoms with van der Waals surface area (Å²) >= 11 is 1.58. The lowest BCUT2D eigenvalue weighted by Crippen LogP contribution is -2.40. The molecule has 0 spiro atoms. The standard InChI is InChI=1S/C16H24N2OS/c1-13-5-6-14(20-13)15(19)17-11-16(7-8-16)12-18-9-3-2-4-10-18/h5-6H,2-4,7-12H2,1H3,(H,17,19). The number of nitrogens with zero attached hydrogens (tertiary/aromatic N) is 1. The molecule has 0 bridgehead atoms. The summed E-state index contributed by atoms with van der Waals surface area (Å²) in [5, 5.41) is 3.15. The highest BCUT2D eigenvalue weighted by atomic mass is 32.1. The van der Waals surface area contributed by atoms with Crippen LogP contribution in [0.3, 0.4) is 0 Å². The monoisotopic (exact) mass is 292 g/mol. The van der Waals surface area contributed by atoms with Crippen LogP contribution in [-0.4, -0.2) is 37.0 Å². The lowest BCUT2D eigenvalue weighted by Gasteiger charge is -2.30. The number of aryl methyl sites for hydroxylation is 1. The topological polar surface area (TPSA) is 32.3 Å². The van der Waals surface area contributed by atoms with Gasteiger partial charge in [0.05, 0.1) is 4.88 Å². The van der Waals surface area contributed by atoms with E-state index in [1.165, 1.54) is 56.6 Å². The first-order valence-electron chi connectivity index (χ1n) is 7.74. The first-order valence-corrected chi connectivity index (χ1v) is 8.56. The molecule has 3 nitrogen and oxygen atoms in total. The average molecular weight is 292 g/mol. The van der Waals surface area contributed by atoms with Crippen molar-refractivity contribution < 1.29 is 4.79 Å². The Labute approximate surface area is 125 Å². The van der Waals surface area contributed by atoms with E-state index >= 15 is 0 Å². The lowest BCUT2D eigenvalue weighted by atomic mass is 10.0. The van der Waals surface area contributed by atoms with Gasteiger partial charge in [-0.05, 0) is 57.8 Å². The van der Waals surface area contributed by atoms with E-state index in [0.717, 1.165) is 11.4 Å². The number of carbonyl (C=O) groups is 1. The van der Waals surface area contributed by atoms with Crippen molar-refractivity contribution in [2.75, 3.05) is 26.2 Å². The summed E-state index contributed by atoms with van der Waals surface area (Å²) in [4.78, 5) is 16.7. The molecule has 110 valence electrons. The van der Waals surface area contributed by atoms with Gasteiger partial charge in [-0.1, -0.05) is 6.42 Å². The fraction of sp³-hybridized carbons (Fsp3) is 0.688. The Kier molecular flexibility index (Phi) is 4.13. The second-order valence-electron chi connectivity index (χ2n) is 6.43. The molecule has 1 amide bonds. The van der Waals surface area contributed by atoms with E-state index in [2.05, 4.69) is 10.2 Å². The number of hydrogen-bond acceptors (Lipinski definition) is 3. The van der Waals surface area contributed by atoms with Gasteiger partial charge in [0.15, 0.2) is 0 Å². The van der Waals surface area contributed by atoms with Gasteiger partial charge in [-0.25, -0.2) is 0 Å². The molecule has 2 aliphatic rings. The number of thiophene rings is 1. The van der Waals surface area contributed by atoms with Crippen LogP contribution in [0, 0.1) is 12.3 Å². The molecule has 1 saturated heterocycles. The highest BCUT2D eigenvalue weighted by molar-refractivity contribution is 7.13. The molecular weight excluding hydrogens is 268 g/mol. The number of rotatable bonds is 5. The van der Waals surface area contributed by atoms with Crippen molar-refractivity contribution in [1.82, 2.24) is 10.2 Å². The van der Waals surface area contributed by atoms with Crippen molar-refractivity contribution >= 4 is 17.2 Å². The van der Waals surface area contributed by atoms with Gasteiger partial charge in [0.1, 0.15) is 0 Å². The molecule has 20 heavy (non-hydrogen) atoms. The second-order valence-corrected chi connectivity index (χ2v) is 7.72. The van der Waals surface area contributed by atoms with E-state index in [1.54, 1.807) is 11.3 Å². The van der Waals surface area contributed by atoms with Gasteiger partial charge >= 0.3 is 0 Å². The predicted octanol–water partition coefficient (Wildman–Crippen LogP) is 3.05. The number of hydrogen-bond donors (Lipinski definition) is 1. The van der Waals surface area contributed by atoms with Crippen LogP contribution in [0.4, 0.5) is 0 Å². The molecule has 1 aliphatic carbocycles. The average Bonchev–Trinajstić information content (AvgIpc) is 3.08. The first kappa shape index (κ1) is 14.1. The molecule has 1 saturated carbocycles. The Hall–Kier alpha value is -0.870. The van der Waals surface area contributed by atoms with Crippen LogP contribution in [0.5, 0.6) is 0 Å². The fourth-order valence-corrected chi connectivity index (χ4v) is 3.85. The van der Waals surface area contributed by atoms with Crippen molar-refractivity contribution in [3.8, 4) is 0 Å². The Morgan fingerprint density at radius 3 is 2.65 bits per heavy atom. The van der Waals surface area contributed by atoms with Crippen LogP contribution in [0.25, 0.3) is 0 Å². The third kappa shape index (κ3) is 3.41. The summed E-state index contributed by atoms with van der Waals surface area (Å²) in [6.45, 7) is 6.57. The van der Waals surface area contributed by atoms with Gasteiger partial charge < -0.3 is 10.2 Å². The smallest absolute Gasteiger partial charge is 0.261 e. The zero-order valence-corrected chi connectivity index (χ0v) is 13.1. The minimum Gasteiger partial charge on any atom is -0.351 e. The minimum atomic E-state index is 0.105. The van der Waals surface area contributed by atoms with E-state index in [-0.39, 0.29) is 5.91 Å². The molecule has 2 fully saturated rings. The fourth-order valence-electron chi connectivity index (χ4n) is 3.07. The van der Waals surface area contributed by atoms with Gasteiger partial charge in [0.25, 0.3) is 5.91 Å². The molecule has 1 aromatic rings. The van der Waals surface area contributed by atoms with Crippen molar-refractivity contribution in [1.29, 1.82) is 0 Å². The number of piperidine rings is 1. The second kappa shape index (κ2) is 5.86. The number of likely N-dealkylation sites (tertiary alicyclic amines) is 1. The van der Waals surface area contributed by atoms with E-state index in [0.29, 0.717) is 5.41 Å². The van der Waals surface area contributed by atoms with Crippen LogP contribution in [0.2, 0.25) is 0 Å². The molecule has 1 N–H and O–H groups in total. The van der Waals surface area contributed by atoms with E-state index in [4.69, 9.17) is 0 Å². The number of amides is 1. The SMILES string of the molecule is Cc1ccc(C(=O)NCC2(CN3CCCCC3)CC2)s1. The van der Waals surface area contributed by atoms with Gasteiger partial charge in [0.2, 0.25) is 0 Å². The zero-order valence-electron chi connectivity index (χ0n) is 12.3. The van der Waals surface area contributed by atoms with E-state index in [1.807, 2.05) is 19.1 Å². The maximum Gasteiger partial charge on any atom is 0.261 e. The van der Waals surface area contributed by atoms with Crippen LogP contribution < -0.4 is 5.32 Å². The highest BCUT2D eigenvalue weighted by Crippen LogP contribution is 2.46. The third-order valence-electron chi connectivity index (χ3n) is 4.55. The largest absolute Gasteiger partial charge is 0.351 e. The highest BCUT2D eigenvalue weighted by Gasteiger charge is 2.44. The predicted molar refractivity (Wildman–Crippen MR) is 83.3 cm³/mol. The Morgan fingerprint density at radius 1 is 1.30 bits per heavy atom. The van der Waals surface area contributed by atoms with Gasteiger partial charge in [-0.3, -0.25) is 4.79 Å². The van der Waals surface area contributed by atoms with Crippen molar-refractivity contribution in [3.63, 3.8) is 0 Å². The molecule has 2 heterocycles. The zero-order chi connectivity index (χ0) is 14.0. The first-order chi connectivity index (χ1) is 9.67. The van der Waals surface area contributed by atoms with Crippen molar-refractivity contribution in [3.05, 3.63) is 21.9 Å². The number of carbonyl (C=O) groups excluding carboxylic acids is 1. The maximum atomic E-state index is 12.1. The molecule has 4 heteroatoms. The van der Waals surface area contributed by atoms with Crippen LogP contribution in [-0.2, 0) is 0 Å². The minimum absolute atomic E-state index is 0.105. The summed E-state index contributed by atoms with van der Waals surface area (Å²) in [5.41, 5.74) is 0.374. The van der Waals surface area contributed by atoms with Crippen LogP contribution >= 0.6 is 11.3 Å². The molecule has 1 aromatic heterocycles. The molecule has 3 rings (SSSR count). The van der Waals surface area contributed by atoms with Crippen molar-refractivity contribution in [2.24, 2.45) is 5.41 Å². The number of nitrogens with one attached hydrogen (secondary N) is 1. The molecule has 1 aliphatic heterocycles. The third-order valence-corrected chi connectivity index (χ3v) is 5.55.